The second kappa shape index (κ2) is 6.13. The molecule has 0 spiro atoms. The standard InChI is InChI=1S/C15H22N2O3/c1-9(6-10-2-3-10)17-15(20)12(16)7-11-4-5-13(18)14(19)8-11/h4-5,8-10,12,18-19H,2-3,6-7,16H2,1H3,(H,17,20)/t9?,12-/m0/s1. The molecule has 110 valence electrons. The summed E-state index contributed by atoms with van der Waals surface area (Å²) >= 11 is 0. The molecule has 0 heterocycles. The second-order valence-electron chi connectivity index (χ2n) is 5.72. The van der Waals surface area contributed by atoms with Crippen molar-refractivity contribution in [3.05, 3.63) is 23.8 Å². The Bertz CT molecular complexity index is 486. The molecule has 5 heteroatoms. The molecule has 0 radical (unpaired) electrons. The molecule has 0 aromatic heterocycles. The highest BCUT2D eigenvalue weighted by molar-refractivity contribution is 5.82. The maximum Gasteiger partial charge on any atom is 0.237 e. The molecule has 1 aliphatic carbocycles. The largest absolute Gasteiger partial charge is 0.504 e. The molecule has 1 fully saturated rings. The second-order valence-corrected chi connectivity index (χ2v) is 5.72. The van der Waals surface area contributed by atoms with Gasteiger partial charge in [-0.05, 0) is 43.4 Å². The van der Waals surface area contributed by atoms with Gasteiger partial charge in [-0.2, -0.15) is 0 Å². The molecule has 1 aromatic carbocycles. The van der Waals surface area contributed by atoms with Gasteiger partial charge in [-0.3, -0.25) is 4.79 Å². The Hall–Kier alpha value is -1.75. The molecular formula is C15H22N2O3. The minimum atomic E-state index is -0.652. The minimum Gasteiger partial charge on any atom is -0.504 e. The van der Waals surface area contributed by atoms with Gasteiger partial charge in [0.2, 0.25) is 5.91 Å². The van der Waals surface area contributed by atoms with Crippen LogP contribution >= 0.6 is 0 Å². The van der Waals surface area contributed by atoms with E-state index in [0.717, 1.165) is 17.9 Å². The van der Waals surface area contributed by atoms with E-state index >= 15 is 0 Å². The van der Waals surface area contributed by atoms with Crippen molar-refractivity contribution >= 4 is 5.91 Å². The van der Waals surface area contributed by atoms with Gasteiger partial charge in [0.1, 0.15) is 0 Å². The Kier molecular flexibility index (Phi) is 4.49. The van der Waals surface area contributed by atoms with E-state index in [-0.39, 0.29) is 23.4 Å². The topological polar surface area (TPSA) is 95.6 Å². The average molecular weight is 278 g/mol. The molecule has 1 unspecified atom stereocenters. The molecule has 0 aliphatic heterocycles. The summed E-state index contributed by atoms with van der Waals surface area (Å²) in [5.41, 5.74) is 6.60. The van der Waals surface area contributed by atoms with Crippen LogP contribution in [0.4, 0.5) is 0 Å². The molecule has 5 nitrogen and oxygen atoms in total. The van der Waals surface area contributed by atoms with Crippen LogP contribution in [0.3, 0.4) is 0 Å². The van der Waals surface area contributed by atoms with Gasteiger partial charge < -0.3 is 21.3 Å². The number of benzene rings is 1. The number of amides is 1. The number of hydrogen-bond donors (Lipinski definition) is 4. The third kappa shape index (κ3) is 4.13. The summed E-state index contributed by atoms with van der Waals surface area (Å²) in [6.45, 7) is 2.00. The average Bonchev–Trinajstić information content (AvgIpc) is 3.17. The van der Waals surface area contributed by atoms with Crippen LogP contribution in [0.2, 0.25) is 0 Å². The van der Waals surface area contributed by atoms with E-state index in [2.05, 4.69) is 5.32 Å². The predicted octanol–water partition coefficient (Wildman–Crippen LogP) is 1.27. The first-order chi connectivity index (χ1) is 9.45. The summed E-state index contributed by atoms with van der Waals surface area (Å²) < 4.78 is 0. The van der Waals surface area contributed by atoms with Crippen LogP contribution in [0, 0.1) is 5.92 Å². The number of carbonyl (C=O) groups is 1. The Balaban J connectivity index is 1.84. The summed E-state index contributed by atoms with van der Waals surface area (Å²) in [5.74, 6) is 0.211. The van der Waals surface area contributed by atoms with Gasteiger partial charge in [0.05, 0.1) is 6.04 Å². The monoisotopic (exact) mass is 278 g/mol. The van der Waals surface area contributed by atoms with Crippen molar-refractivity contribution in [1.82, 2.24) is 5.32 Å². The Morgan fingerprint density at radius 3 is 2.70 bits per heavy atom. The summed E-state index contributed by atoms with van der Waals surface area (Å²) in [4.78, 5) is 12.0. The maximum absolute atomic E-state index is 12.0. The Morgan fingerprint density at radius 2 is 2.10 bits per heavy atom. The van der Waals surface area contributed by atoms with Crippen LogP contribution in [0.5, 0.6) is 11.5 Å². The number of nitrogens with one attached hydrogen (secondary N) is 1. The quantitative estimate of drug-likeness (QED) is 0.589. The normalized spacial score (nSPS) is 17.5. The van der Waals surface area contributed by atoms with Gasteiger partial charge in [0.25, 0.3) is 0 Å². The fraction of sp³-hybridized carbons (Fsp3) is 0.533. The molecule has 1 saturated carbocycles. The first kappa shape index (κ1) is 14.7. The van der Waals surface area contributed by atoms with Crippen LogP contribution in [-0.2, 0) is 11.2 Å². The van der Waals surface area contributed by atoms with E-state index < -0.39 is 6.04 Å². The molecule has 0 saturated heterocycles. The van der Waals surface area contributed by atoms with E-state index in [1.54, 1.807) is 6.07 Å². The summed E-state index contributed by atoms with van der Waals surface area (Å²) in [6, 6.07) is 3.96. The molecule has 20 heavy (non-hydrogen) atoms. The molecule has 0 bridgehead atoms. The van der Waals surface area contributed by atoms with Crippen LogP contribution in [0.15, 0.2) is 18.2 Å². The lowest BCUT2D eigenvalue weighted by Gasteiger charge is -2.17. The summed E-state index contributed by atoms with van der Waals surface area (Å²) in [6.07, 6.45) is 3.87. The lowest BCUT2D eigenvalue weighted by Crippen LogP contribution is -2.45. The zero-order valence-electron chi connectivity index (χ0n) is 11.7. The Morgan fingerprint density at radius 1 is 1.40 bits per heavy atom. The van der Waals surface area contributed by atoms with E-state index in [4.69, 9.17) is 5.73 Å². The van der Waals surface area contributed by atoms with Crippen LogP contribution in [0.1, 0.15) is 31.7 Å². The van der Waals surface area contributed by atoms with Crippen molar-refractivity contribution in [2.75, 3.05) is 0 Å². The van der Waals surface area contributed by atoms with Crippen molar-refractivity contribution in [1.29, 1.82) is 0 Å². The van der Waals surface area contributed by atoms with Gasteiger partial charge in [-0.25, -0.2) is 0 Å². The predicted molar refractivity (Wildman–Crippen MR) is 76.4 cm³/mol. The first-order valence-corrected chi connectivity index (χ1v) is 7.02. The van der Waals surface area contributed by atoms with Crippen molar-refractivity contribution in [2.45, 2.75) is 44.7 Å². The number of nitrogens with two attached hydrogens (primary N) is 1. The van der Waals surface area contributed by atoms with Gasteiger partial charge in [0, 0.05) is 6.04 Å². The highest BCUT2D eigenvalue weighted by atomic mass is 16.3. The smallest absolute Gasteiger partial charge is 0.237 e. The summed E-state index contributed by atoms with van der Waals surface area (Å²) in [5, 5.41) is 21.6. The van der Waals surface area contributed by atoms with Crippen LogP contribution in [-0.4, -0.2) is 28.2 Å². The molecule has 1 amide bonds. The van der Waals surface area contributed by atoms with Crippen LogP contribution in [0.25, 0.3) is 0 Å². The highest BCUT2D eigenvalue weighted by Gasteiger charge is 2.25. The van der Waals surface area contributed by atoms with Crippen molar-refractivity contribution in [3.63, 3.8) is 0 Å². The number of phenols is 2. The van der Waals surface area contributed by atoms with Gasteiger partial charge >= 0.3 is 0 Å². The van der Waals surface area contributed by atoms with Crippen molar-refractivity contribution in [2.24, 2.45) is 11.7 Å². The minimum absolute atomic E-state index is 0.147. The molecular weight excluding hydrogens is 256 g/mol. The lowest BCUT2D eigenvalue weighted by atomic mass is 10.0. The molecule has 2 atom stereocenters. The summed E-state index contributed by atoms with van der Waals surface area (Å²) in [7, 11) is 0. The maximum atomic E-state index is 12.0. The number of rotatable bonds is 6. The van der Waals surface area contributed by atoms with Gasteiger partial charge in [0.15, 0.2) is 11.5 Å². The van der Waals surface area contributed by atoms with Gasteiger partial charge in [-0.15, -0.1) is 0 Å². The van der Waals surface area contributed by atoms with Crippen molar-refractivity contribution < 1.29 is 15.0 Å². The van der Waals surface area contributed by atoms with Crippen molar-refractivity contribution in [3.8, 4) is 11.5 Å². The third-order valence-electron chi connectivity index (χ3n) is 3.60. The fourth-order valence-electron chi connectivity index (χ4n) is 2.30. The molecule has 2 rings (SSSR count). The van der Waals surface area contributed by atoms with E-state index in [9.17, 15) is 15.0 Å². The highest BCUT2D eigenvalue weighted by Crippen LogP contribution is 2.33. The van der Waals surface area contributed by atoms with Gasteiger partial charge in [-0.1, -0.05) is 18.9 Å². The number of hydrogen-bond acceptors (Lipinski definition) is 4. The fourth-order valence-corrected chi connectivity index (χ4v) is 2.30. The zero-order valence-corrected chi connectivity index (χ0v) is 11.7. The number of carbonyl (C=O) groups excluding carboxylic acids is 1. The molecule has 1 aliphatic rings. The van der Waals surface area contributed by atoms with E-state index in [1.807, 2.05) is 6.92 Å². The lowest BCUT2D eigenvalue weighted by molar-refractivity contribution is -0.123. The number of aromatic hydroxyl groups is 2. The van der Waals surface area contributed by atoms with E-state index in [0.29, 0.717) is 6.42 Å². The zero-order chi connectivity index (χ0) is 14.7. The van der Waals surface area contributed by atoms with E-state index in [1.165, 1.54) is 25.0 Å². The third-order valence-corrected chi connectivity index (χ3v) is 3.60. The molecule has 1 aromatic rings. The Labute approximate surface area is 118 Å². The first-order valence-electron chi connectivity index (χ1n) is 7.02. The molecule has 5 N–H and O–H groups in total. The van der Waals surface area contributed by atoms with Crippen LogP contribution < -0.4 is 11.1 Å². The number of phenolic OH excluding ortho intramolecular Hbond substituents is 2. The SMILES string of the molecule is CC(CC1CC1)NC(=O)[C@@H](N)Cc1ccc(O)c(O)c1.